The van der Waals surface area contributed by atoms with Gasteiger partial charge in [-0.1, -0.05) is 54.2 Å². The number of aromatic nitrogens is 3. The fourth-order valence-corrected chi connectivity index (χ4v) is 4.12. The summed E-state index contributed by atoms with van der Waals surface area (Å²) in [6, 6.07) is 14.5. The molecular formula is C23H25FN4OS. The Bertz CT molecular complexity index is 1050. The number of hydrogen-bond donors (Lipinski definition) is 0. The maximum absolute atomic E-state index is 14.3. The van der Waals surface area contributed by atoms with Crippen molar-refractivity contribution in [1.82, 2.24) is 19.7 Å². The predicted octanol–water partition coefficient (Wildman–Crippen LogP) is 4.72. The topological polar surface area (TPSA) is 51.0 Å². The molecule has 5 nitrogen and oxygen atoms in total. The van der Waals surface area contributed by atoms with Crippen LogP contribution in [-0.4, -0.2) is 37.9 Å². The zero-order valence-electron chi connectivity index (χ0n) is 17.4. The molecule has 0 aliphatic rings. The minimum Gasteiger partial charge on any atom is -0.340 e. The molecule has 0 saturated carbocycles. The third-order valence-corrected chi connectivity index (χ3v) is 5.89. The number of allylic oxidation sites excluding steroid dienone is 1. The normalized spacial score (nSPS) is 11.9. The van der Waals surface area contributed by atoms with Gasteiger partial charge in [0.1, 0.15) is 5.82 Å². The van der Waals surface area contributed by atoms with Crippen LogP contribution in [0.2, 0.25) is 0 Å². The highest BCUT2D eigenvalue weighted by molar-refractivity contribution is 8.00. The minimum atomic E-state index is -0.375. The second kappa shape index (κ2) is 9.71. The summed E-state index contributed by atoms with van der Waals surface area (Å²) in [5.41, 5.74) is 2.63. The molecule has 1 heterocycles. The van der Waals surface area contributed by atoms with E-state index in [1.165, 1.54) is 17.8 Å². The lowest BCUT2D eigenvalue weighted by atomic mass is 10.1. The highest BCUT2D eigenvalue weighted by Gasteiger charge is 2.24. The molecule has 0 fully saturated rings. The van der Waals surface area contributed by atoms with Gasteiger partial charge in [-0.3, -0.25) is 9.36 Å². The summed E-state index contributed by atoms with van der Waals surface area (Å²) in [4.78, 5) is 14.6. The second-order valence-electron chi connectivity index (χ2n) is 7.07. The highest BCUT2D eigenvalue weighted by Crippen LogP contribution is 2.29. The SMILES string of the molecule is C=CCn1c(SC(C)C(=O)N(C)Cc2ccccc2C)nnc1-c1ccccc1F. The lowest BCUT2D eigenvalue weighted by molar-refractivity contribution is -0.129. The van der Waals surface area contributed by atoms with Crippen LogP contribution >= 0.6 is 11.8 Å². The number of nitrogens with zero attached hydrogens (tertiary/aromatic N) is 4. The van der Waals surface area contributed by atoms with E-state index >= 15 is 0 Å². The van der Waals surface area contributed by atoms with Crippen molar-refractivity contribution in [3.63, 3.8) is 0 Å². The minimum absolute atomic E-state index is 0.0103. The standard InChI is InChI=1S/C23H25FN4OS/c1-5-14-28-21(19-12-8-9-13-20(19)24)25-26-23(28)30-17(3)22(29)27(4)15-18-11-7-6-10-16(18)2/h5-13,17H,1,14-15H2,2-4H3. The number of benzene rings is 2. The number of hydrogen-bond acceptors (Lipinski definition) is 4. The van der Waals surface area contributed by atoms with Gasteiger partial charge in [-0.25, -0.2) is 4.39 Å². The summed E-state index contributed by atoms with van der Waals surface area (Å²) in [5.74, 6) is 0.0427. The van der Waals surface area contributed by atoms with E-state index in [1.54, 1.807) is 40.8 Å². The molecule has 2 aromatic carbocycles. The first-order chi connectivity index (χ1) is 14.4. The van der Waals surface area contributed by atoms with E-state index < -0.39 is 0 Å². The Morgan fingerprint density at radius 1 is 1.23 bits per heavy atom. The van der Waals surface area contributed by atoms with E-state index in [9.17, 15) is 9.18 Å². The van der Waals surface area contributed by atoms with Gasteiger partial charge in [-0.05, 0) is 37.1 Å². The Balaban J connectivity index is 1.78. The maximum atomic E-state index is 14.3. The highest BCUT2D eigenvalue weighted by atomic mass is 32.2. The number of carbonyl (C=O) groups is 1. The van der Waals surface area contributed by atoms with Gasteiger partial charge < -0.3 is 4.90 Å². The van der Waals surface area contributed by atoms with Crippen molar-refractivity contribution in [2.45, 2.75) is 37.3 Å². The van der Waals surface area contributed by atoms with E-state index in [0.29, 0.717) is 29.6 Å². The Kier molecular flexibility index (Phi) is 7.05. The van der Waals surface area contributed by atoms with E-state index in [2.05, 4.69) is 16.8 Å². The van der Waals surface area contributed by atoms with Crippen LogP contribution in [0.1, 0.15) is 18.1 Å². The van der Waals surface area contributed by atoms with E-state index in [-0.39, 0.29) is 17.0 Å². The quantitative estimate of drug-likeness (QED) is 0.388. The van der Waals surface area contributed by atoms with Crippen molar-refractivity contribution >= 4 is 17.7 Å². The van der Waals surface area contributed by atoms with Gasteiger partial charge in [-0.15, -0.1) is 16.8 Å². The summed E-state index contributed by atoms with van der Waals surface area (Å²) >= 11 is 1.31. The van der Waals surface area contributed by atoms with Gasteiger partial charge in [0.15, 0.2) is 11.0 Å². The summed E-state index contributed by atoms with van der Waals surface area (Å²) in [5, 5.41) is 8.58. The number of aryl methyl sites for hydroxylation is 1. The van der Waals surface area contributed by atoms with Gasteiger partial charge in [0.25, 0.3) is 0 Å². The number of carbonyl (C=O) groups excluding carboxylic acids is 1. The summed E-state index contributed by atoms with van der Waals surface area (Å²) in [6.07, 6.45) is 1.70. The largest absolute Gasteiger partial charge is 0.340 e. The number of amides is 1. The van der Waals surface area contributed by atoms with E-state index in [0.717, 1.165) is 11.1 Å². The third kappa shape index (κ3) is 4.79. The molecule has 3 aromatic rings. The second-order valence-corrected chi connectivity index (χ2v) is 8.37. The molecule has 0 bridgehead atoms. The molecule has 0 aliphatic heterocycles. The monoisotopic (exact) mass is 424 g/mol. The van der Waals surface area contributed by atoms with Crippen molar-refractivity contribution in [3.05, 3.63) is 78.1 Å². The van der Waals surface area contributed by atoms with Crippen LogP contribution < -0.4 is 0 Å². The predicted molar refractivity (Wildman–Crippen MR) is 119 cm³/mol. The van der Waals surface area contributed by atoms with Crippen LogP contribution in [0.15, 0.2) is 66.3 Å². The van der Waals surface area contributed by atoms with Crippen molar-refractivity contribution in [2.24, 2.45) is 0 Å². The summed E-state index contributed by atoms with van der Waals surface area (Å²) in [6.45, 7) is 8.61. The number of rotatable bonds is 8. The molecule has 156 valence electrons. The molecule has 0 saturated heterocycles. The van der Waals surface area contributed by atoms with Crippen LogP contribution in [0.3, 0.4) is 0 Å². The van der Waals surface area contributed by atoms with E-state index in [1.807, 2.05) is 38.1 Å². The zero-order valence-corrected chi connectivity index (χ0v) is 18.2. The van der Waals surface area contributed by atoms with Gasteiger partial charge >= 0.3 is 0 Å². The van der Waals surface area contributed by atoms with E-state index in [4.69, 9.17) is 0 Å². The van der Waals surface area contributed by atoms with Gasteiger partial charge in [0, 0.05) is 20.1 Å². The van der Waals surface area contributed by atoms with Crippen LogP contribution in [-0.2, 0) is 17.9 Å². The molecule has 1 amide bonds. The molecule has 0 radical (unpaired) electrons. The van der Waals surface area contributed by atoms with Gasteiger partial charge in [0.2, 0.25) is 5.91 Å². The molecule has 7 heteroatoms. The lowest BCUT2D eigenvalue weighted by Gasteiger charge is -2.22. The third-order valence-electron chi connectivity index (χ3n) is 4.82. The number of halogens is 1. The van der Waals surface area contributed by atoms with Crippen LogP contribution in [0.4, 0.5) is 4.39 Å². The van der Waals surface area contributed by atoms with Crippen molar-refractivity contribution in [3.8, 4) is 11.4 Å². The first-order valence-corrected chi connectivity index (χ1v) is 10.6. The zero-order chi connectivity index (χ0) is 21.7. The Hall–Kier alpha value is -2.93. The molecule has 0 spiro atoms. The lowest BCUT2D eigenvalue weighted by Crippen LogP contribution is -2.33. The molecule has 0 N–H and O–H groups in total. The summed E-state index contributed by atoms with van der Waals surface area (Å²) < 4.78 is 16.0. The Morgan fingerprint density at radius 3 is 2.63 bits per heavy atom. The molecule has 3 rings (SSSR count). The smallest absolute Gasteiger partial charge is 0.235 e. The molecular weight excluding hydrogens is 399 g/mol. The average Bonchev–Trinajstić information content (AvgIpc) is 3.11. The van der Waals surface area contributed by atoms with Crippen LogP contribution in [0, 0.1) is 12.7 Å². The van der Waals surface area contributed by atoms with Gasteiger partial charge in [-0.2, -0.15) is 0 Å². The van der Waals surface area contributed by atoms with Crippen LogP contribution in [0.5, 0.6) is 0 Å². The average molecular weight is 425 g/mol. The van der Waals surface area contributed by atoms with Crippen molar-refractivity contribution in [2.75, 3.05) is 7.05 Å². The van der Waals surface area contributed by atoms with Gasteiger partial charge in [0.05, 0.1) is 10.8 Å². The van der Waals surface area contributed by atoms with Crippen molar-refractivity contribution < 1.29 is 9.18 Å². The fourth-order valence-electron chi connectivity index (χ4n) is 3.15. The maximum Gasteiger partial charge on any atom is 0.235 e. The molecule has 1 atom stereocenters. The molecule has 30 heavy (non-hydrogen) atoms. The molecule has 1 unspecified atom stereocenters. The fraction of sp³-hybridized carbons (Fsp3) is 0.261. The first kappa shape index (κ1) is 21.8. The Morgan fingerprint density at radius 2 is 1.93 bits per heavy atom. The van der Waals surface area contributed by atoms with Crippen LogP contribution in [0.25, 0.3) is 11.4 Å². The number of thioether (sulfide) groups is 1. The first-order valence-electron chi connectivity index (χ1n) is 9.67. The molecule has 1 aromatic heterocycles. The Labute approximate surface area is 180 Å². The summed E-state index contributed by atoms with van der Waals surface area (Å²) in [7, 11) is 1.80. The molecule has 0 aliphatic carbocycles. The van der Waals surface area contributed by atoms with Crippen molar-refractivity contribution in [1.29, 1.82) is 0 Å².